The monoisotopic (exact) mass is 135 g/mol. The smallest absolute Gasteiger partial charge is 0.253 e. The first-order valence-electron chi connectivity index (χ1n) is 3.24. The molecule has 0 radical (unpaired) electrons. The SMILES string of the molecule is NC(CC1CC1)C(F)F. The summed E-state index contributed by atoms with van der Waals surface area (Å²) >= 11 is 0. The first-order valence-corrected chi connectivity index (χ1v) is 3.24. The van der Waals surface area contributed by atoms with Gasteiger partial charge in [0.15, 0.2) is 0 Å². The Morgan fingerprint density at radius 1 is 1.44 bits per heavy atom. The lowest BCUT2D eigenvalue weighted by atomic mass is 10.1. The highest BCUT2D eigenvalue weighted by Gasteiger charge is 2.27. The maximum absolute atomic E-state index is 11.7. The molecular formula is C6H11F2N. The Morgan fingerprint density at radius 3 is 2.33 bits per heavy atom. The molecule has 1 rings (SSSR count). The van der Waals surface area contributed by atoms with Crippen LogP contribution in [0.4, 0.5) is 8.78 Å². The Bertz CT molecular complexity index is 91.1. The molecule has 54 valence electrons. The topological polar surface area (TPSA) is 26.0 Å². The molecule has 0 bridgehead atoms. The summed E-state index contributed by atoms with van der Waals surface area (Å²) in [6.07, 6.45) is 0.379. The van der Waals surface area contributed by atoms with E-state index in [1.54, 1.807) is 0 Å². The molecule has 1 saturated carbocycles. The number of hydrogen-bond acceptors (Lipinski definition) is 1. The van der Waals surface area contributed by atoms with E-state index in [0.717, 1.165) is 12.8 Å². The summed E-state index contributed by atoms with van der Waals surface area (Å²) < 4.78 is 23.4. The minimum atomic E-state index is -2.33. The van der Waals surface area contributed by atoms with Gasteiger partial charge in [-0.25, -0.2) is 8.78 Å². The highest BCUT2D eigenvalue weighted by Crippen LogP contribution is 2.33. The van der Waals surface area contributed by atoms with E-state index in [2.05, 4.69) is 0 Å². The Morgan fingerprint density at radius 2 is 2.00 bits per heavy atom. The molecular weight excluding hydrogens is 124 g/mol. The average molecular weight is 135 g/mol. The third-order valence-electron chi connectivity index (χ3n) is 1.63. The van der Waals surface area contributed by atoms with E-state index in [9.17, 15) is 8.78 Å². The molecule has 0 aliphatic heterocycles. The largest absolute Gasteiger partial charge is 0.323 e. The zero-order chi connectivity index (χ0) is 6.85. The van der Waals surface area contributed by atoms with E-state index in [4.69, 9.17) is 5.73 Å². The van der Waals surface area contributed by atoms with Gasteiger partial charge in [-0.15, -0.1) is 0 Å². The van der Waals surface area contributed by atoms with Crippen molar-refractivity contribution in [3.63, 3.8) is 0 Å². The van der Waals surface area contributed by atoms with Gasteiger partial charge in [-0.05, 0) is 12.3 Å². The summed E-state index contributed by atoms with van der Waals surface area (Å²) in [5.41, 5.74) is 5.11. The second-order valence-corrected chi connectivity index (χ2v) is 2.68. The molecule has 1 unspecified atom stereocenters. The van der Waals surface area contributed by atoms with Crippen LogP contribution in [0, 0.1) is 5.92 Å². The van der Waals surface area contributed by atoms with Crippen LogP contribution in [-0.4, -0.2) is 12.5 Å². The first-order chi connectivity index (χ1) is 4.20. The van der Waals surface area contributed by atoms with Crippen LogP contribution in [-0.2, 0) is 0 Å². The predicted molar refractivity (Wildman–Crippen MR) is 31.3 cm³/mol. The Hall–Kier alpha value is -0.180. The van der Waals surface area contributed by atoms with E-state index in [0.29, 0.717) is 12.3 Å². The Kier molecular flexibility index (Phi) is 2.01. The maximum atomic E-state index is 11.7. The second-order valence-electron chi connectivity index (χ2n) is 2.68. The van der Waals surface area contributed by atoms with Crippen molar-refractivity contribution in [1.29, 1.82) is 0 Å². The van der Waals surface area contributed by atoms with Gasteiger partial charge in [0.2, 0.25) is 0 Å². The highest BCUT2D eigenvalue weighted by atomic mass is 19.3. The predicted octanol–water partition coefficient (Wildman–Crippen LogP) is 1.38. The molecule has 0 aromatic rings. The van der Waals surface area contributed by atoms with Crippen molar-refractivity contribution >= 4 is 0 Å². The molecule has 0 aromatic carbocycles. The van der Waals surface area contributed by atoms with Gasteiger partial charge in [0, 0.05) is 0 Å². The lowest BCUT2D eigenvalue weighted by Gasteiger charge is -2.07. The standard InChI is InChI=1S/C6H11F2N/c7-6(8)5(9)3-4-1-2-4/h4-6H,1-3,9H2. The number of alkyl halides is 2. The van der Waals surface area contributed by atoms with Crippen molar-refractivity contribution < 1.29 is 8.78 Å². The summed E-state index contributed by atoms with van der Waals surface area (Å²) in [5.74, 6) is 0.508. The van der Waals surface area contributed by atoms with E-state index in [1.807, 2.05) is 0 Å². The van der Waals surface area contributed by atoms with Gasteiger partial charge in [0.1, 0.15) is 0 Å². The molecule has 3 heteroatoms. The zero-order valence-electron chi connectivity index (χ0n) is 5.19. The van der Waals surface area contributed by atoms with E-state index >= 15 is 0 Å². The van der Waals surface area contributed by atoms with Gasteiger partial charge >= 0.3 is 0 Å². The quantitative estimate of drug-likeness (QED) is 0.621. The van der Waals surface area contributed by atoms with E-state index < -0.39 is 12.5 Å². The van der Waals surface area contributed by atoms with Gasteiger partial charge in [0.05, 0.1) is 6.04 Å². The molecule has 0 saturated heterocycles. The average Bonchev–Trinajstić information content (AvgIpc) is 2.50. The van der Waals surface area contributed by atoms with Crippen LogP contribution in [0.2, 0.25) is 0 Å². The number of halogens is 2. The molecule has 2 N–H and O–H groups in total. The minimum absolute atomic E-state index is 0.508. The van der Waals surface area contributed by atoms with Crippen molar-refractivity contribution in [3.8, 4) is 0 Å². The van der Waals surface area contributed by atoms with Crippen LogP contribution in [0.1, 0.15) is 19.3 Å². The van der Waals surface area contributed by atoms with Crippen LogP contribution in [0.3, 0.4) is 0 Å². The summed E-state index contributed by atoms with van der Waals surface area (Å²) in [6, 6.07) is -0.877. The normalized spacial score (nSPS) is 22.7. The van der Waals surface area contributed by atoms with Crippen molar-refractivity contribution in [2.45, 2.75) is 31.7 Å². The van der Waals surface area contributed by atoms with Gasteiger partial charge < -0.3 is 5.73 Å². The minimum Gasteiger partial charge on any atom is -0.323 e. The fourth-order valence-corrected chi connectivity index (χ4v) is 0.841. The fourth-order valence-electron chi connectivity index (χ4n) is 0.841. The first kappa shape index (κ1) is 6.93. The molecule has 1 aliphatic carbocycles. The lowest BCUT2D eigenvalue weighted by Crippen LogP contribution is -2.28. The molecule has 1 fully saturated rings. The molecule has 0 amide bonds. The van der Waals surface area contributed by atoms with Gasteiger partial charge in [-0.2, -0.15) is 0 Å². The molecule has 9 heavy (non-hydrogen) atoms. The van der Waals surface area contributed by atoms with Crippen LogP contribution >= 0.6 is 0 Å². The van der Waals surface area contributed by atoms with E-state index in [1.165, 1.54) is 0 Å². The number of rotatable bonds is 3. The molecule has 0 aromatic heterocycles. The molecule has 0 heterocycles. The van der Waals surface area contributed by atoms with Crippen LogP contribution in [0.15, 0.2) is 0 Å². The third-order valence-corrected chi connectivity index (χ3v) is 1.63. The number of nitrogens with two attached hydrogens (primary N) is 1. The maximum Gasteiger partial charge on any atom is 0.253 e. The molecule has 1 nitrogen and oxygen atoms in total. The van der Waals surface area contributed by atoms with Crippen LogP contribution in [0.25, 0.3) is 0 Å². The number of hydrogen-bond donors (Lipinski definition) is 1. The van der Waals surface area contributed by atoms with Crippen LogP contribution in [0.5, 0.6) is 0 Å². The van der Waals surface area contributed by atoms with Crippen molar-refractivity contribution in [1.82, 2.24) is 0 Å². The highest BCUT2D eigenvalue weighted by molar-refractivity contribution is 4.79. The van der Waals surface area contributed by atoms with Crippen molar-refractivity contribution in [2.75, 3.05) is 0 Å². The summed E-state index contributed by atoms with van der Waals surface area (Å²) in [7, 11) is 0. The van der Waals surface area contributed by atoms with Gasteiger partial charge in [-0.3, -0.25) is 0 Å². The summed E-state index contributed by atoms with van der Waals surface area (Å²) in [5, 5.41) is 0. The Labute approximate surface area is 53.2 Å². The fraction of sp³-hybridized carbons (Fsp3) is 1.00. The summed E-state index contributed by atoms with van der Waals surface area (Å²) in [6.45, 7) is 0. The molecule has 1 aliphatic rings. The van der Waals surface area contributed by atoms with E-state index in [-0.39, 0.29) is 0 Å². The van der Waals surface area contributed by atoms with Crippen LogP contribution < -0.4 is 5.73 Å². The molecule has 1 atom stereocenters. The lowest BCUT2D eigenvalue weighted by molar-refractivity contribution is 0.109. The molecule has 0 spiro atoms. The summed E-state index contributed by atoms with van der Waals surface area (Å²) in [4.78, 5) is 0. The third kappa shape index (κ3) is 2.26. The van der Waals surface area contributed by atoms with Gasteiger partial charge in [-0.1, -0.05) is 12.8 Å². The second kappa shape index (κ2) is 2.60. The van der Waals surface area contributed by atoms with Crippen molar-refractivity contribution in [3.05, 3.63) is 0 Å². The Balaban J connectivity index is 2.09. The van der Waals surface area contributed by atoms with Gasteiger partial charge in [0.25, 0.3) is 6.43 Å². The van der Waals surface area contributed by atoms with Crippen molar-refractivity contribution in [2.24, 2.45) is 11.7 Å². The zero-order valence-corrected chi connectivity index (χ0v) is 5.19.